The lowest BCUT2D eigenvalue weighted by atomic mass is 10.3. The smallest absolute Gasteiger partial charge is 0.269 e. The molecule has 1 fully saturated rings. The second kappa shape index (κ2) is 3.38. The van der Waals surface area contributed by atoms with Crippen molar-refractivity contribution < 1.29 is 14.4 Å². The summed E-state index contributed by atoms with van der Waals surface area (Å²) in [6.45, 7) is 3.85. The number of carbonyl (C=O) groups excluding carboxylic acids is 3. The molecule has 1 N–H and O–H groups in total. The Morgan fingerprint density at radius 2 is 2.00 bits per heavy atom. The van der Waals surface area contributed by atoms with E-state index in [1.807, 2.05) is 19.2 Å². The van der Waals surface area contributed by atoms with Crippen LogP contribution in [0.5, 0.6) is 0 Å². The van der Waals surface area contributed by atoms with E-state index in [9.17, 15) is 14.4 Å². The molecule has 0 saturated carbocycles. The monoisotopic (exact) mass is 182 g/mol. The zero-order chi connectivity index (χ0) is 10.0. The van der Waals surface area contributed by atoms with Crippen LogP contribution in [0.25, 0.3) is 0 Å². The van der Waals surface area contributed by atoms with Crippen LogP contribution in [-0.4, -0.2) is 29.3 Å². The summed E-state index contributed by atoms with van der Waals surface area (Å²) in [7, 11) is 0. The van der Waals surface area contributed by atoms with Crippen molar-refractivity contribution in [3.05, 3.63) is 11.6 Å². The van der Waals surface area contributed by atoms with E-state index in [0.29, 0.717) is 0 Å². The van der Waals surface area contributed by atoms with Crippen LogP contribution in [0.2, 0.25) is 0 Å². The molecule has 1 heterocycles. The van der Waals surface area contributed by atoms with Gasteiger partial charge in [0, 0.05) is 6.54 Å². The van der Waals surface area contributed by atoms with Gasteiger partial charge in [-0.3, -0.25) is 19.8 Å². The number of hydrogen-bond acceptors (Lipinski definition) is 3. The summed E-state index contributed by atoms with van der Waals surface area (Å²) >= 11 is 0. The maximum Gasteiger partial charge on any atom is 0.331 e. The molecule has 0 aromatic heterocycles. The van der Waals surface area contributed by atoms with E-state index >= 15 is 0 Å². The highest BCUT2D eigenvalue weighted by molar-refractivity contribution is 6.44. The van der Waals surface area contributed by atoms with Crippen molar-refractivity contribution in [1.82, 2.24) is 10.2 Å². The fourth-order valence-corrected chi connectivity index (χ4v) is 0.873. The maximum atomic E-state index is 11.0. The number of allylic oxidation sites excluding steroid dienone is 1. The SMILES string of the molecule is CC(C)=CCN1C(=O)NC(=O)C1=O. The molecule has 1 rings (SSSR count). The number of amides is 4. The summed E-state index contributed by atoms with van der Waals surface area (Å²) in [5, 5.41) is 1.91. The van der Waals surface area contributed by atoms with Gasteiger partial charge in [-0.25, -0.2) is 4.79 Å². The highest BCUT2D eigenvalue weighted by Gasteiger charge is 2.35. The molecular weight excluding hydrogens is 172 g/mol. The lowest BCUT2D eigenvalue weighted by molar-refractivity contribution is -0.139. The van der Waals surface area contributed by atoms with E-state index in [-0.39, 0.29) is 6.54 Å². The van der Waals surface area contributed by atoms with Crippen molar-refractivity contribution in [3.63, 3.8) is 0 Å². The summed E-state index contributed by atoms with van der Waals surface area (Å²) in [5.41, 5.74) is 0.986. The minimum Gasteiger partial charge on any atom is -0.269 e. The van der Waals surface area contributed by atoms with Crippen LogP contribution in [0.3, 0.4) is 0 Å². The quantitative estimate of drug-likeness (QED) is 0.372. The molecule has 0 aromatic rings. The standard InChI is InChI=1S/C8H10N2O3/c1-5(2)3-4-10-7(12)6(11)9-8(10)13/h3H,4H2,1-2H3,(H,9,11,13). The Morgan fingerprint density at radius 1 is 1.38 bits per heavy atom. The largest absolute Gasteiger partial charge is 0.331 e. The van der Waals surface area contributed by atoms with E-state index in [0.717, 1.165) is 10.5 Å². The summed E-state index contributed by atoms with van der Waals surface area (Å²) in [4.78, 5) is 33.5. The number of rotatable bonds is 2. The Balaban J connectivity index is 2.70. The molecule has 5 heteroatoms. The van der Waals surface area contributed by atoms with Gasteiger partial charge in [0.2, 0.25) is 0 Å². The van der Waals surface area contributed by atoms with Crippen LogP contribution >= 0.6 is 0 Å². The van der Waals surface area contributed by atoms with Crippen molar-refractivity contribution in [2.45, 2.75) is 13.8 Å². The van der Waals surface area contributed by atoms with Crippen LogP contribution in [0.1, 0.15) is 13.8 Å². The molecule has 1 aliphatic rings. The molecule has 0 aromatic carbocycles. The van der Waals surface area contributed by atoms with Crippen LogP contribution < -0.4 is 5.32 Å². The van der Waals surface area contributed by atoms with Crippen molar-refractivity contribution in [3.8, 4) is 0 Å². The maximum absolute atomic E-state index is 11.0. The summed E-state index contributed by atoms with van der Waals surface area (Å²) < 4.78 is 0. The number of carbonyl (C=O) groups is 3. The Bertz CT molecular complexity index is 303. The minimum absolute atomic E-state index is 0.152. The van der Waals surface area contributed by atoms with Gasteiger partial charge in [0.1, 0.15) is 0 Å². The fourth-order valence-electron chi connectivity index (χ4n) is 0.873. The van der Waals surface area contributed by atoms with Crippen LogP contribution in [0.4, 0.5) is 4.79 Å². The van der Waals surface area contributed by atoms with Gasteiger partial charge in [-0.05, 0) is 13.8 Å². The van der Waals surface area contributed by atoms with Crippen molar-refractivity contribution >= 4 is 17.8 Å². The molecule has 1 aliphatic heterocycles. The Kier molecular flexibility index (Phi) is 2.46. The molecule has 0 radical (unpaired) electrons. The highest BCUT2D eigenvalue weighted by atomic mass is 16.2. The average molecular weight is 182 g/mol. The average Bonchev–Trinajstić information content (AvgIpc) is 2.24. The van der Waals surface area contributed by atoms with Gasteiger partial charge in [0.05, 0.1) is 0 Å². The number of imide groups is 2. The normalized spacial score (nSPS) is 16.2. The van der Waals surface area contributed by atoms with E-state index in [1.165, 1.54) is 0 Å². The minimum atomic E-state index is -0.854. The van der Waals surface area contributed by atoms with Gasteiger partial charge >= 0.3 is 17.8 Å². The molecule has 5 nitrogen and oxygen atoms in total. The molecule has 0 aliphatic carbocycles. The first-order chi connectivity index (χ1) is 6.02. The first-order valence-electron chi connectivity index (χ1n) is 3.82. The zero-order valence-electron chi connectivity index (χ0n) is 7.46. The Morgan fingerprint density at radius 3 is 2.38 bits per heavy atom. The molecule has 70 valence electrons. The lowest BCUT2D eigenvalue weighted by Crippen LogP contribution is -2.31. The Labute approximate surface area is 75.4 Å². The molecule has 0 spiro atoms. The number of hydrogen-bond donors (Lipinski definition) is 1. The first kappa shape index (κ1) is 9.44. The molecule has 0 unspecified atom stereocenters. The number of nitrogens with zero attached hydrogens (tertiary/aromatic N) is 1. The van der Waals surface area contributed by atoms with E-state index < -0.39 is 17.8 Å². The first-order valence-corrected chi connectivity index (χ1v) is 3.82. The third-order valence-electron chi connectivity index (χ3n) is 1.59. The van der Waals surface area contributed by atoms with Gasteiger partial charge < -0.3 is 0 Å². The molecular formula is C8H10N2O3. The number of urea groups is 1. The second-order valence-corrected chi connectivity index (χ2v) is 2.96. The predicted molar refractivity (Wildman–Crippen MR) is 44.7 cm³/mol. The van der Waals surface area contributed by atoms with Crippen molar-refractivity contribution in [2.24, 2.45) is 0 Å². The van der Waals surface area contributed by atoms with Gasteiger partial charge in [-0.1, -0.05) is 11.6 Å². The molecule has 1 saturated heterocycles. The van der Waals surface area contributed by atoms with Crippen molar-refractivity contribution in [1.29, 1.82) is 0 Å². The topological polar surface area (TPSA) is 66.5 Å². The van der Waals surface area contributed by atoms with Crippen molar-refractivity contribution in [2.75, 3.05) is 6.54 Å². The van der Waals surface area contributed by atoms with Gasteiger partial charge in [0.15, 0.2) is 0 Å². The number of nitrogens with one attached hydrogen (secondary N) is 1. The third kappa shape index (κ3) is 1.93. The van der Waals surface area contributed by atoms with Crippen LogP contribution in [-0.2, 0) is 9.59 Å². The van der Waals surface area contributed by atoms with E-state index in [2.05, 4.69) is 0 Å². The van der Waals surface area contributed by atoms with Crippen LogP contribution in [0.15, 0.2) is 11.6 Å². The lowest BCUT2D eigenvalue weighted by Gasteiger charge is -2.07. The molecule has 0 atom stereocenters. The molecule has 4 amide bonds. The Hall–Kier alpha value is -1.65. The second-order valence-electron chi connectivity index (χ2n) is 2.96. The summed E-state index contributed by atoms with van der Waals surface area (Å²) in [6, 6.07) is -0.646. The highest BCUT2D eigenvalue weighted by Crippen LogP contribution is 2.01. The van der Waals surface area contributed by atoms with E-state index in [4.69, 9.17) is 0 Å². The molecule has 13 heavy (non-hydrogen) atoms. The summed E-state index contributed by atoms with van der Waals surface area (Å²) in [5.74, 6) is -1.64. The van der Waals surface area contributed by atoms with Gasteiger partial charge in [-0.2, -0.15) is 0 Å². The predicted octanol–water partition coefficient (Wildman–Crippen LogP) is 0.0310. The zero-order valence-corrected chi connectivity index (χ0v) is 7.46. The molecule has 0 bridgehead atoms. The van der Waals surface area contributed by atoms with Gasteiger partial charge in [0.25, 0.3) is 0 Å². The van der Waals surface area contributed by atoms with Crippen LogP contribution in [0, 0.1) is 0 Å². The van der Waals surface area contributed by atoms with Gasteiger partial charge in [-0.15, -0.1) is 0 Å². The fraction of sp³-hybridized carbons (Fsp3) is 0.375. The van der Waals surface area contributed by atoms with E-state index in [1.54, 1.807) is 6.08 Å². The third-order valence-corrected chi connectivity index (χ3v) is 1.59. The summed E-state index contributed by atoms with van der Waals surface area (Å²) in [6.07, 6.45) is 1.70.